The van der Waals surface area contributed by atoms with Gasteiger partial charge in [-0.2, -0.15) is 43.2 Å². The van der Waals surface area contributed by atoms with Crippen molar-refractivity contribution in [1.82, 2.24) is 0 Å². The molecule has 1 aliphatic carbocycles. The summed E-state index contributed by atoms with van der Waals surface area (Å²) in [5, 5.41) is 0. The Labute approximate surface area is 583 Å². The van der Waals surface area contributed by atoms with E-state index >= 15 is 52.7 Å². The van der Waals surface area contributed by atoms with Gasteiger partial charge in [-0.3, -0.25) is 9.11 Å². The Hall–Kier alpha value is -10.4. The van der Waals surface area contributed by atoms with Gasteiger partial charge in [0.1, 0.15) is 34.5 Å². The molecular formula is C71H45F17O14S3. The highest BCUT2D eigenvalue weighted by Gasteiger charge is 2.39. The quantitative estimate of drug-likeness (QED) is 0.0335. The van der Waals surface area contributed by atoms with Crippen molar-refractivity contribution in [1.29, 1.82) is 0 Å². The van der Waals surface area contributed by atoms with E-state index in [1.165, 1.54) is 13.2 Å². The molecule has 0 radical (unpaired) electrons. The Kier molecular flexibility index (Phi) is 21.1. The number of para-hydroxylation sites is 2. The molecule has 1 aliphatic rings. The van der Waals surface area contributed by atoms with Crippen LogP contribution in [0.25, 0.3) is 22.3 Å². The van der Waals surface area contributed by atoms with Crippen LogP contribution < -0.4 is 28.4 Å². The third-order valence-electron chi connectivity index (χ3n) is 16.3. The third-order valence-corrected chi connectivity index (χ3v) is 19.8. The van der Waals surface area contributed by atoms with E-state index in [0.717, 1.165) is 18.2 Å². The number of ether oxygens (including phenoxy) is 6. The second kappa shape index (κ2) is 29.3. The lowest BCUT2D eigenvalue weighted by Gasteiger charge is -2.23. The van der Waals surface area contributed by atoms with Gasteiger partial charge in [-0.15, -0.1) is 0 Å². The van der Waals surface area contributed by atoms with Crippen molar-refractivity contribution in [3.8, 4) is 74.0 Å². The second-order valence-electron chi connectivity index (χ2n) is 23.1. The third kappa shape index (κ3) is 14.1. The maximum atomic E-state index is 17.0. The van der Waals surface area contributed by atoms with Crippen LogP contribution in [0.1, 0.15) is 71.2 Å². The zero-order valence-corrected chi connectivity index (χ0v) is 55.9. The molecule has 14 nitrogen and oxygen atoms in total. The SMILES string of the molecule is CCCOc1c2cccc1Cc1cc(S(=O)(=O)O)cc(c1Oc1c(F)c(F)c(-c3c(F)c(F)c(Oc4ccc(S(=O)(=O)c5ccc(Oc6c(F)c(F)c(-c7c(F)c(F)c(F)c(F)c7F)c(F)c6F)cc5)cc4)c(F)c3F)c(F)c1F)Cc1cc(S(=O)(=O)O)cc(c1OCCC)Cc1cccc(c1OC)C2. The molecular weight excluding hydrogens is 1500 g/mol. The number of benzene rings is 10. The summed E-state index contributed by atoms with van der Waals surface area (Å²) < 4.78 is 398. The predicted molar refractivity (Wildman–Crippen MR) is 336 cm³/mol. The van der Waals surface area contributed by atoms with Gasteiger partial charge < -0.3 is 28.4 Å². The Morgan fingerprint density at radius 2 is 0.562 bits per heavy atom. The van der Waals surface area contributed by atoms with Gasteiger partial charge in [0.15, 0.2) is 58.2 Å². The van der Waals surface area contributed by atoms with Gasteiger partial charge >= 0.3 is 0 Å². The van der Waals surface area contributed by atoms with Crippen LogP contribution in [0, 0.1) is 98.9 Å². The largest absolute Gasteiger partial charge is 0.496 e. The lowest BCUT2D eigenvalue weighted by molar-refractivity contribution is 0.311. The normalized spacial score (nSPS) is 12.5. The van der Waals surface area contributed by atoms with Crippen molar-refractivity contribution in [3.05, 3.63) is 253 Å². The minimum atomic E-state index is -5.36. The summed E-state index contributed by atoms with van der Waals surface area (Å²) in [6.07, 6.45) is -0.970. The molecule has 0 spiro atoms. The molecule has 0 aliphatic heterocycles. The van der Waals surface area contributed by atoms with Gasteiger partial charge in [-0.05, 0) is 108 Å². The maximum Gasteiger partial charge on any atom is 0.294 e. The van der Waals surface area contributed by atoms with E-state index in [0.29, 0.717) is 89.9 Å². The van der Waals surface area contributed by atoms with Gasteiger partial charge in [0.2, 0.25) is 67.8 Å². The molecule has 105 heavy (non-hydrogen) atoms. The van der Waals surface area contributed by atoms with Gasteiger partial charge in [0.25, 0.3) is 20.2 Å². The second-order valence-corrected chi connectivity index (χ2v) is 27.9. The maximum absolute atomic E-state index is 17.0. The van der Waals surface area contributed by atoms with Crippen molar-refractivity contribution in [2.75, 3.05) is 20.3 Å². The summed E-state index contributed by atoms with van der Waals surface area (Å²) >= 11 is 0. The van der Waals surface area contributed by atoms with Crippen LogP contribution in [-0.2, 0) is 55.8 Å². The molecule has 0 unspecified atom stereocenters. The monoisotopic (exact) mass is 1540 g/mol. The Morgan fingerprint density at radius 3 is 0.867 bits per heavy atom. The Morgan fingerprint density at radius 1 is 0.305 bits per heavy atom. The molecule has 0 heterocycles. The molecule has 10 aromatic rings. The van der Waals surface area contributed by atoms with Crippen LogP contribution in [0.4, 0.5) is 74.6 Å². The average molecular weight is 1540 g/mol. The molecule has 0 aromatic heterocycles. The highest BCUT2D eigenvalue weighted by atomic mass is 32.2. The highest BCUT2D eigenvalue weighted by molar-refractivity contribution is 7.91. The fourth-order valence-corrected chi connectivity index (χ4v) is 14.0. The topological polar surface area (TPSA) is 198 Å². The van der Waals surface area contributed by atoms with E-state index < -0.39 is 229 Å². The van der Waals surface area contributed by atoms with E-state index in [1.807, 2.05) is 0 Å². The van der Waals surface area contributed by atoms with E-state index in [9.17, 15) is 56.3 Å². The molecule has 0 amide bonds. The standard InChI is InChI=1S/C71H45F17O14S3/c1-4-20-98-66-32-10-7-11-33(66)24-36-28-43(105(94,95)96)29-37(25-35-27-42(104(91,92)93)26-34(67(35)99-21-5-2)23-31-9-6-8-30(22-32)65(31)97-3)68(36)102-71-63(87)54(78)47(55(79)64(71)88)46-52(76)61(85)70(62(86)53(46)77)101-39-14-18-41(19-15-39)103(89,90)40-16-12-38(13-17-40)100-69-59(83)50(74)45(51(75)60(69)84)44-48(72)56(80)58(82)57(81)49(44)73/h6-19,26-29H,4-5,20-25H2,1-3H3,(H,91,92,93)(H,94,95,96). The molecule has 10 aromatic carbocycles. The summed E-state index contributed by atoms with van der Waals surface area (Å²) in [5.74, 6) is -54.6. The number of rotatable bonds is 19. The van der Waals surface area contributed by atoms with E-state index in [2.05, 4.69) is 0 Å². The van der Waals surface area contributed by atoms with Crippen LogP contribution >= 0.6 is 0 Å². The molecule has 550 valence electrons. The van der Waals surface area contributed by atoms with Crippen LogP contribution in [-0.4, -0.2) is 54.7 Å². The number of methoxy groups -OCH3 is 1. The van der Waals surface area contributed by atoms with E-state index in [4.69, 9.17) is 28.4 Å². The minimum Gasteiger partial charge on any atom is -0.496 e. The first-order valence-electron chi connectivity index (χ1n) is 30.4. The Bertz CT molecular complexity index is 5480. The van der Waals surface area contributed by atoms with E-state index in [1.54, 1.807) is 44.2 Å². The van der Waals surface area contributed by atoms with Gasteiger partial charge in [0.05, 0.1) is 62.2 Å². The first kappa shape index (κ1) is 75.7. The first-order chi connectivity index (χ1) is 49.5. The molecule has 8 bridgehead atoms. The minimum absolute atomic E-state index is 0.0269. The number of fused-ring (bicyclic) bond motifs is 8. The van der Waals surface area contributed by atoms with Gasteiger partial charge in [0, 0.05) is 47.9 Å². The molecule has 2 N–H and O–H groups in total. The van der Waals surface area contributed by atoms with Crippen LogP contribution in [0.2, 0.25) is 0 Å². The lowest BCUT2D eigenvalue weighted by atomic mass is 9.91. The summed E-state index contributed by atoms with van der Waals surface area (Å²) in [4.78, 5) is -3.21. The van der Waals surface area contributed by atoms with Gasteiger partial charge in [-0.1, -0.05) is 50.2 Å². The number of halogens is 17. The molecule has 0 fully saturated rings. The highest BCUT2D eigenvalue weighted by Crippen LogP contribution is 2.48. The number of sulfone groups is 1. The van der Waals surface area contributed by atoms with E-state index in [-0.39, 0.29) is 54.2 Å². The zero-order valence-electron chi connectivity index (χ0n) is 53.5. The zero-order chi connectivity index (χ0) is 76.4. The summed E-state index contributed by atoms with van der Waals surface area (Å²) in [6, 6.07) is 18.1. The molecule has 11 rings (SSSR count). The average Bonchev–Trinajstić information content (AvgIpc) is 0.751. The van der Waals surface area contributed by atoms with Crippen LogP contribution in [0.5, 0.6) is 51.7 Å². The fourth-order valence-electron chi connectivity index (χ4n) is 11.5. The summed E-state index contributed by atoms with van der Waals surface area (Å²) in [5.41, 5.74) is -9.32. The lowest BCUT2D eigenvalue weighted by Crippen LogP contribution is -2.12. The van der Waals surface area contributed by atoms with Crippen molar-refractivity contribution >= 4 is 30.1 Å². The van der Waals surface area contributed by atoms with Crippen LogP contribution in [0.15, 0.2) is 129 Å². The summed E-state index contributed by atoms with van der Waals surface area (Å²) in [7, 11) is -13.9. The van der Waals surface area contributed by atoms with Gasteiger partial charge in [-0.25, -0.2) is 56.7 Å². The fraction of sp³-hybridized carbons (Fsp3) is 0.155. The molecule has 0 saturated carbocycles. The smallest absolute Gasteiger partial charge is 0.294 e. The Balaban J connectivity index is 0.940. The number of hydrogen-bond acceptors (Lipinski definition) is 12. The number of hydrogen-bond donors (Lipinski definition) is 2. The van der Waals surface area contributed by atoms with Crippen molar-refractivity contribution in [2.24, 2.45) is 0 Å². The van der Waals surface area contributed by atoms with Crippen molar-refractivity contribution in [2.45, 2.75) is 72.0 Å². The van der Waals surface area contributed by atoms with Crippen LogP contribution in [0.3, 0.4) is 0 Å². The van der Waals surface area contributed by atoms with Crippen molar-refractivity contribution in [3.63, 3.8) is 0 Å². The molecule has 34 heteroatoms. The summed E-state index contributed by atoms with van der Waals surface area (Å²) in [6.45, 7) is 3.40. The first-order valence-corrected chi connectivity index (χ1v) is 34.8. The molecule has 0 saturated heterocycles. The molecule has 0 atom stereocenters. The predicted octanol–water partition coefficient (Wildman–Crippen LogP) is 18.4. The van der Waals surface area contributed by atoms with Crippen molar-refractivity contribution < 1.29 is 137 Å².